The number of halogens is 4. The minimum Gasteiger partial charge on any atom is -0.289 e. The molecule has 12 heteroatoms. The lowest BCUT2D eigenvalue weighted by atomic mass is 9.89. The van der Waals surface area contributed by atoms with Gasteiger partial charge in [0.25, 0.3) is 0 Å². The number of nitrogens with two attached hydrogens (primary N) is 1. The van der Waals surface area contributed by atoms with Gasteiger partial charge in [-0.25, -0.2) is 22.7 Å². The topological polar surface area (TPSA) is 108 Å². The molecule has 7 nitrogen and oxygen atoms in total. The van der Waals surface area contributed by atoms with Crippen molar-refractivity contribution >= 4 is 27.4 Å². The van der Waals surface area contributed by atoms with Crippen LogP contribution in [0, 0.1) is 17.1 Å². The fraction of sp³-hybridized carbons (Fsp3) is 0.333. The standard InChI is InChI=1S/C21H18F4N4O3S/c22-16-10-14(7-8-19(16)33(27,31)32)29-18-4-2-1-3-17(18)28(20(29)30)13-6-5-12(11-26)15(9-13)21(23,24)25/h5-10,17-18H,1-4H2,(H2,27,31,32)/t17-,18-/m1/s1. The Morgan fingerprint density at radius 1 is 1.00 bits per heavy atom. The number of alkyl halides is 3. The van der Waals surface area contributed by atoms with Gasteiger partial charge in [-0.05, 0) is 49.2 Å². The molecule has 0 aromatic heterocycles. The van der Waals surface area contributed by atoms with Crippen LogP contribution >= 0.6 is 0 Å². The molecule has 2 aromatic rings. The largest absolute Gasteiger partial charge is 0.417 e. The number of fused-ring (bicyclic) bond motifs is 1. The lowest BCUT2D eigenvalue weighted by Crippen LogP contribution is -2.40. The zero-order valence-corrected chi connectivity index (χ0v) is 17.8. The van der Waals surface area contributed by atoms with Crippen molar-refractivity contribution in [3.05, 3.63) is 53.3 Å². The van der Waals surface area contributed by atoms with Crippen LogP contribution in [0.3, 0.4) is 0 Å². The van der Waals surface area contributed by atoms with Gasteiger partial charge >= 0.3 is 12.2 Å². The molecule has 2 amide bonds. The summed E-state index contributed by atoms with van der Waals surface area (Å²) in [6.07, 6.45) is -2.22. The number of urea groups is 1. The van der Waals surface area contributed by atoms with Crippen LogP contribution < -0.4 is 14.9 Å². The van der Waals surface area contributed by atoms with E-state index < -0.39 is 56.2 Å². The van der Waals surface area contributed by atoms with Crippen molar-refractivity contribution in [2.45, 2.75) is 48.8 Å². The molecule has 1 heterocycles. The zero-order valence-electron chi connectivity index (χ0n) is 17.0. The van der Waals surface area contributed by atoms with Gasteiger partial charge in [0.05, 0.1) is 29.3 Å². The predicted molar refractivity (Wildman–Crippen MR) is 110 cm³/mol. The van der Waals surface area contributed by atoms with E-state index in [1.807, 2.05) is 0 Å². The Labute approximate surface area is 187 Å². The number of primary sulfonamides is 1. The van der Waals surface area contributed by atoms with Crippen LogP contribution in [0.4, 0.5) is 33.7 Å². The summed E-state index contributed by atoms with van der Waals surface area (Å²) in [4.78, 5) is 15.2. The molecule has 1 saturated heterocycles. The van der Waals surface area contributed by atoms with Crippen molar-refractivity contribution < 1.29 is 30.8 Å². The van der Waals surface area contributed by atoms with Crippen LogP contribution in [0.1, 0.15) is 36.8 Å². The zero-order chi connectivity index (χ0) is 24.1. The van der Waals surface area contributed by atoms with Crippen molar-refractivity contribution in [3.63, 3.8) is 0 Å². The molecule has 4 rings (SSSR count). The highest BCUT2D eigenvalue weighted by Gasteiger charge is 2.48. The molecule has 1 aliphatic carbocycles. The molecule has 2 fully saturated rings. The number of nitrogens with zero attached hydrogens (tertiary/aromatic N) is 3. The van der Waals surface area contributed by atoms with Crippen molar-refractivity contribution in [2.24, 2.45) is 5.14 Å². The first kappa shape index (κ1) is 23.0. The minimum atomic E-state index is -4.79. The van der Waals surface area contributed by atoms with Crippen molar-refractivity contribution in [1.29, 1.82) is 5.26 Å². The SMILES string of the molecule is N#Cc1ccc(N2C(=O)N(c3ccc(S(N)(=O)=O)c(F)c3)[C@@H]3CCCC[C@H]32)cc1C(F)(F)F. The minimum absolute atomic E-state index is 0.0210. The van der Waals surface area contributed by atoms with Crippen LogP contribution in [0.15, 0.2) is 41.3 Å². The fourth-order valence-corrected chi connectivity index (χ4v) is 5.17. The van der Waals surface area contributed by atoms with E-state index in [2.05, 4.69) is 0 Å². The first-order valence-electron chi connectivity index (χ1n) is 9.99. The first-order valence-corrected chi connectivity index (χ1v) is 11.5. The normalized spacial score (nSPS) is 21.2. The molecule has 2 N–H and O–H groups in total. The summed E-state index contributed by atoms with van der Waals surface area (Å²) in [5, 5.41) is 14.0. The van der Waals surface area contributed by atoms with Gasteiger partial charge in [0.1, 0.15) is 10.7 Å². The Balaban J connectivity index is 1.80. The quantitative estimate of drug-likeness (QED) is 0.664. The molecular weight excluding hydrogens is 464 g/mol. The lowest BCUT2D eigenvalue weighted by Gasteiger charge is -2.32. The number of hydrogen-bond donors (Lipinski definition) is 1. The Kier molecular flexibility index (Phi) is 5.58. The summed E-state index contributed by atoms with van der Waals surface area (Å²) in [7, 11) is -4.31. The average molecular weight is 482 g/mol. The number of carbonyl (C=O) groups is 1. The maximum absolute atomic E-state index is 14.5. The van der Waals surface area contributed by atoms with Gasteiger partial charge in [0.15, 0.2) is 0 Å². The van der Waals surface area contributed by atoms with E-state index in [-0.39, 0.29) is 11.4 Å². The molecular formula is C21H18F4N4O3S. The monoisotopic (exact) mass is 482 g/mol. The third-order valence-electron chi connectivity index (χ3n) is 5.98. The second-order valence-corrected chi connectivity index (χ2v) is 9.47. The molecule has 2 aliphatic rings. The van der Waals surface area contributed by atoms with Crippen LogP contribution in [0.5, 0.6) is 0 Å². The average Bonchev–Trinajstić information content (AvgIpc) is 3.03. The van der Waals surface area contributed by atoms with E-state index in [1.165, 1.54) is 28.0 Å². The van der Waals surface area contributed by atoms with E-state index in [0.717, 1.165) is 37.1 Å². The Morgan fingerprint density at radius 2 is 1.55 bits per heavy atom. The van der Waals surface area contributed by atoms with Gasteiger partial charge in [-0.2, -0.15) is 18.4 Å². The number of hydrogen-bond acceptors (Lipinski definition) is 4. The highest BCUT2D eigenvalue weighted by Crippen LogP contribution is 2.42. The lowest BCUT2D eigenvalue weighted by molar-refractivity contribution is -0.137. The van der Waals surface area contributed by atoms with Gasteiger partial charge in [0.2, 0.25) is 10.0 Å². The molecule has 33 heavy (non-hydrogen) atoms. The van der Waals surface area contributed by atoms with Gasteiger partial charge in [0, 0.05) is 11.4 Å². The highest BCUT2D eigenvalue weighted by atomic mass is 32.2. The number of rotatable bonds is 3. The smallest absolute Gasteiger partial charge is 0.289 e. The number of nitriles is 1. The second kappa shape index (κ2) is 8.00. The molecule has 174 valence electrons. The first-order chi connectivity index (χ1) is 15.4. The van der Waals surface area contributed by atoms with Crippen molar-refractivity contribution in [3.8, 4) is 6.07 Å². The Morgan fingerprint density at radius 3 is 2.03 bits per heavy atom. The number of benzene rings is 2. The molecule has 1 saturated carbocycles. The van der Waals surface area contributed by atoms with Crippen LogP contribution in [0.25, 0.3) is 0 Å². The number of carbonyl (C=O) groups excluding carboxylic acids is 1. The summed E-state index contributed by atoms with van der Waals surface area (Å²) >= 11 is 0. The molecule has 1 aliphatic heterocycles. The molecule has 2 atom stereocenters. The Hall–Kier alpha value is -3.17. The number of sulfonamides is 1. The summed E-state index contributed by atoms with van der Waals surface area (Å²) in [5.74, 6) is -1.13. The summed E-state index contributed by atoms with van der Waals surface area (Å²) in [6.45, 7) is 0. The van der Waals surface area contributed by atoms with E-state index in [1.54, 1.807) is 0 Å². The van der Waals surface area contributed by atoms with E-state index >= 15 is 0 Å². The van der Waals surface area contributed by atoms with Gasteiger partial charge < -0.3 is 0 Å². The third-order valence-corrected chi connectivity index (χ3v) is 6.92. The maximum atomic E-state index is 14.5. The number of anilines is 2. The summed E-state index contributed by atoms with van der Waals surface area (Å²) in [5.41, 5.74) is -1.65. The highest BCUT2D eigenvalue weighted by molar-refractivity contribution is 7.89. The van der Waals surface area contributed by atoms with Crippen molar-refractivity contribution in [1.82, 2.24) is 0 Å². The van der Waals surface area contributed by atoms with Crippen LogP contribution in [0.2, 0.25) is 0 Å². The van der Waals surface area contributed by atoms with Gasteiger partial charge in [-0.3, -0.25) is 9.80 Å². The summed E-state index contributed by atoms with van der Waals surface area (Å²) < 4.78 is 78.0. The van der Waals surface area contributed by atoms with Crippen molar-refractivity contribution in [2.75, 3.05) is 9.80 Å². The number of amides is 2. The molecule has 0 bridgehead atoms. The predicted octanol–water partition coefficient (Wildman–Crippen LogP) is 4.12. The van der Waals surface area contributed by atoms with E-state index in [4.69, 9.17) is 10.4 Å². The molecule has 2 aromatic carbocycles. The van der Waals surface area contributed by atoms with E-state index in [0.29, 0.717) is 12.8 Å². The maximum Gasteiger partial charge on any atom is 0.417 e. The fourth-order valence-electron chi connectivity index (χ4n) is 4.58. The van der Waals surface area contributed by atoms with Crippen LogP contribution in [-0.4, -0.2) is 26.5 Å². The Bertz CT molecular complexity index is 1270. The summed E-state index contributed by atoms with van der Waals surface area (Å²) in [6, 6.07) is 6.09. The second-order valence-electron chi connectivity index (χ2n) is 7.94. The van der Waals surface area contributed by atoms with E-state index in [9.17, 15) is 30.8 Å². The van der Waals surface area contributed by atoms with Crippen LogP contribution in [-0.2, 0) is 16.2 Å². The molecule has 0 radical (unpaired) electrons. The molecule has 0 unspecified atom stereocenters. The van der Waals surface area contributed by atoms with Gasteiger partial charge in [-0.1, -0.05) is 12.8 Å². The molecule has 0 spiro atoms. The van der Waals surface area contributed by atoms with Gasteiger partial charge in [-0.15, -0.1) is 0 Å². The third kappa shape index (κ3) is 4.02.